The summed E-state index contributed by atoms with van der Waals surface area (Å²) in [6, 6.07) is 18.3. The fourth-order valence-electron chi connectivity index (χ4n) is 2.06. The predicted molar refractivity (Wildman–Crippen MR) is 81.6 cm³/mol. The molecule has 2 N–H and O–H groups in total. The van der Waals surface area contributed by atoms with Crippen LogP contribution in [0.1, 0.15) is 11.7 Å². The van der Waals surface area contributed by atoms with E-state index in [4.69, 9.17) is 4.74 Å². The molecular formula is C17H21NO2. The summed E-state index contributed by atoms with van der Waals surface area (Å²) in [5, 5.41) is 13.2. The van der Waals surface area contributed by atoms with Crippen LogP contribution in [0.4, 0.5) is 0 Å². The van der Waals surface area contributed by atoms with E-state index in [-0.39, 0.29) is 0 Å². The van der Waals surface area contributed by atoms with Gasteiger partial charge in [0.2, 0.25) is 0 Å². The Hall–Kier alpha value is -1.68. The summed E-state index contributed by atoms with van der Waals surface area (Å²) in [5.41, 5.74) is 3.27. The summed E-state index contributed by atoms with van der Waals surface area (Å²) in [5.74, 6) is 0. The summed E-state index contributed by atoms with van der Waals surface area (Å²) in [7, 11) is 1.67. The predicted octanol–water partition coefficient (Wildman–Crippen LogP) is 2.62. The summed E-state index contributed by atoms with van der Waals surface area (Å²) in [6.07, 6.45) is -0.489. The third kappa shape index (κ3) is 4.17. The molecule has 106 valence electrons. The van der Waals surface area contributed by atoms with E-state index in [1.54, 1.807) is 7.11 Å². The zero-order chi connectivity index (χ0) is 14.2. The van der Waals surface area contributed by atoms with Gasteiger partial charge >= 0.3 is 0 Å². The number of hydrogen-bond donors (Lipinski definition) is 2. The molecular weight excluding hydrogens is 250 g/mol. The average molecular weight is 271 g/mol. The van der Waals surface area contributed by atoms with Crippen LogP contribution in [0.15, 0.2) is 54.6 Å². The largest absolute Gasteiger partial charge is 0.387 e. The van der Waals surface area contributed by atoms with Gasteiger partial charge in [0.25, 0.3) is 0 Å². The number of aliphatic hydroxyl groups is 1. The monoisotopic (exact) mass is 271 g/mol. The lowest BCUT2D eigenvalue weighted by Gasteiger charge is -2.12. The van der Waals surface area contributed by atoms with Crippen molar-refractivity contribution in [2.45, 2.75) is 6.10 Å². The van der Waals surface area contributed by atoms with Crippen LogP contribution < -0.4 is 5.32 Å². The molecule has 0 amide bonds. The fourth-order valence-corrected chi connectivity index (χ4v) is 2.06. The standard InChI is InChI=1S/C17H21NO2/c1-20-12-11-18-13-17(19)16-9-7-15(8-10-16)14-5-3-2-4-6-14/h2-10,17-19H,11-13H2,1H3. The van der Waals surface area contributed by atoms with Gasteiger partial charge in [0.15, 0.2) is 0 Å². The third-order valence-corrected chi connectivity index (χ3v) is 3.22. The van der Waals surface area contributed by atoms with Gasteiger partial charge in [-0.1, -0.05) is 54.6 Å². The summed E-state index contributed by atoms with van der Waals surface area (Å²) in [4.78, 5) is 0. The molecule has 0 bridgehead atoms. The minimum absolute atomic E-state index is 0.489. The minimum Gasteiger partial charge on any atom is -0.387 e. The van der Waals surface area contributed by atoms with E-state index in [1.807, 2.05) is 42.5 Å². The molecule has 0 heterocycles. The van der Waals surface area contributed by atoms with Crippen molar-refractivity contribution in [2.75, 3.05) is 26.8 Å². The van der Waals surface area contributed by atoms with Crippen LogP contribution >= 0.6 is 0 Å². The molecule has 2 aromatic carbocycles. The molecule has 0 aliphatic carbocycles. The number of ether oxygens (including phenoxy) is 1. The van der Waals surface area contributed by atoms with Gasteiger partial charge in [0.1, 0.15) is 0 Å². The number of nitrogens with one attached hydrogen (secondary N) is 1. The van der Waals surface area contributed by atoms with E-state index in [2.05, 4.69) is 17.4 Å². The highest BCUT2D eigenvalue weighted by Gasteiger charge is 2.07. The Bertz CT molecular complexity index is 496. The van der Waals surface area contributed by atoms with Crippen LogP contribution in [0.25, 0.3) is 11.1 Å². The molecule has 1 atom stereocenters. The van der Waals surface area contributed by atoms with Crippen molar-refractivity contribution in [1.82, 2.24) is 5.32 Å². The summed E-state index contributed by atoms with van der Waals surface area (Å²) >= 11 is 0. The third-order valence-electron chi connectivity index (χ3n) is 3.22. The Morgan fingerprint density at radius 1 is 1.00 bits per heavy atom. The lowest BCUT2D eigenvalue weighted by Crippen LogP contribution is -2.24. The number of benzene rings is 2. The molecule has 0 radical (unpaired) electrons. The Kier molecular flexibility index (Phi) is 5.74. The Labute approximate surface area is 120 Å². The summed E-state index contributed by atoms with van der Waals surface area (Å²) in [6.45, 7) is 1.93. The maximum atomic E-state index is 10.1. The lowest BCUT2D eigenvalue weighted by atomic mass is 10.0. The van der Waals surface area contributed by atoms with Crippen molar-refractivity contribution in [1.29, 1.82) is 0 Å². The zero-order valence-corrected chi connectivity index (χ0v) is 11.8. The average Bonchev–Trinajstić information content (AvgIpc) is 2.52. The fraction of sp³-hybridized carbons (Fsp3) is 0.294. The van der Waals surface area contributed by atoms with Crippen molar-refractivity contribution in [2.24, 2.45) is 0 Å². The highest BCUT2D eigenvalue weighted by atomic mass is 16.5. The van der Waals surface area contributed by atoms with Crippen molar-refractivity contribution in [3.63, 3.8) is 0 Å². The second-order valence-corrected chi connectivity index (χ2v) is 4.70. The SMILES string of the molecule is COCCNCC(O)c1ccc(-c2ccccc2)cc1. The van der Waals surface area contributed by atoms with Crippen LogP contribution in [-0.4, -0.2) is 31.9 Å². The first kappa shape index (κ1) is 14.7. The molecule has 0 fully saturated rings. The van der Waals surface area contributed by atoms with E-state index in [0.717, 1.165) is 17.7 Å². The normalized spacial score (nSPS) is 12.3. The number of methoxy groups -OCH3 is 1. The Morgan fingerprint density at radius 2 is 1.65 bits per heavy atom. The second kappa shape index (κ2) is 7.80. The van der Waals surface area contributed by atoms with E-state index in [1.165, 1.54) is 5.56 Å². The molecule has 2 aromatic rings. The molecule has 3 nitrogen and oxygen atoms in total. The molecule has 0 aromatic heterocycles. The van der Waals surface area contributed by atoms with E-state index in [9.17, 15) is 5.11 Å². The molecule has 3 heteroatoms. The topological polar surface area (TPSA) is 41.5 Å². The van der Waals surface area contributed by atoms with E-state index >= 15 is 0 Å². The minimum atomic E-state index is -0.489. The van der Waals surface area contributed by atoms with E-state index in [0.29, 0.717) is 13.2 Å². The number of rotatable bonds is 7. The van der Waals surface area contributed by atoms with Gasteiger partial charge in [0, 0.05) is 20.2 Å². The smallest absolute Gasteiger partial charge is 0.0914 e. The molecule has 0 aliphatic heterocycles. The van der Waals surface area contributed by atoms with Gasteiger partial charge in [-0.15, -0.1) is 0 Å². The van der Waals surface area contributed by atoms with E-state index < -0.39 is 6.10 Å². The van der Waals surface area contributed by atoms with Crippen LogP contribution in [-0.2, 0) is 4.74 Å². The molecule has 0 saturated carbocycles. The molecule has 0 saturated heterocycles. The maximum Gasteiger partial charge on any atom is 0.0914 e. The molecule has 1 unspecified atom stereocenters. The Balaban J connectivity index is 1.94. The van der Waals surface area contributed by atoms with Crippen molar-refractivity contribution < 1.29 is 9.84 Å². The molecule has 0 aliphatic rings. The quantitative estimate of drug-likeness (QED) is 0.761. The van der Waals surface area contributed by atoms with Crippen molar-refractivity contribution >= 4 is 0 Å². The number of aliphatic hydroxyl groups excluding tert-OH is 1. The van der Waals surface area contributed by atoms with Gasteiger partial charge in [-0.3, -0.25) is 0 Å². The van der Waals surface area contributed by atoms with Crippen LogP contribution in [0.3, 0.4) is 0 Å². The highest BCUT2D eigenvalue weighted by Crippen LogP contribution is 2.21. The first-order chi connectivity index (χ1) is 9.81. The van der Waals surface area contributed by atoms with Gasteiger partial charge < -0.3 is 15.2 Å². The number of hydrogen-bond acceptors (Lipinski definition) is 3. The van der Waals surface area contributed by atoms with Gasteiger partial charge in [-0.25, -0.2) is 0 Å². The first-order valence-corrected chi connectivity index (χ1v) is 6.84. The Morgan fingerprint density at radius 3 is 2.30 bits per heavy atom. The molecule has 20 heavy (non-hydrogen) atoms. The molecule has 2 rings (SSSR count). The highest BCUT2D eigenvalue weighted by molar-refractivity contribution is 5.63. The van der Waals surface area contributed by atoms with Crippen LogP contribution in [0.5, 0.6) is 0 Å². The first-order valence-electron chi connectivity index (χ1n) is 6.84. The zero-order valence-electron chi connectivity index (χ0n) is 11.8. The van der Waals surface area contributed by atoms with Gasteiger partial charge in [-0.2, -0.15) is 0 Å². The van der Waals surface area contributed by atoms with Crippen molar-refractivity contribution in [3.05, 3.63) is 60.2 Å². The van der Waals surface area contributed by atoms with Crippen molar-refractivity contribution in [3.8, 4) is 11.1 Å². The second-order valence-electron chi connectivity index (χ2n) is 4.70. The summed E-state index contributed by atoms with van der Waals surface area (Å²) < 4.78 is 4.95. The lowest BCUT2D eigenvalue weighted by molar-refractivity contribution is 0.161. The maximum absolute atomic E-state index is 10.1. The van der Waals surface area contributed by atoms with Gasteiger partial charge in [0.05, 0.1) is 12.7 Å². The van der Waals surface area contributed by atoms with Gasteiger partial charge in [-0.05, 0) is 16.7 Å². The molecule has 0 spiro atoms. The van der Waals surface area contributed by atoms with Crippen LogP contribution in [0, 0.1) is 0 Å². The van der Waals surface area contributed by atoms with Crippen LogP contribution in [0.2, 0.25) is 0 Å².